The molecule has 18 heavy (non-hydrogen) atoms. The number of methoxy groups -OCH3 is 1. The maximum absolute atomic E-state index is 11.3. The first-order valence-electron chi connectivity index (χ1n) is 6.44. The van der Waals surface area contributed by atoms with Crippen LogP contribution in [-0.4, -0.2) is 19.7 Å². The van der Waals surface area contributed by atoms with Crippen LogP contribution >= 0.6 is 0 Å². The third kappa shape index (κ3) is 5.21. The average molecular weight is 250 g/mol. The second kappa shape index (κ2) is 7.75. The molecule has 0 saturated carbocycles. The average Bonchev–Trinajstić information content (AvgIpc) is 2.37. The summed E-state index contributed by atoms with van der Waals surface area (Å²) in [6.07, 6.45) is 2.43. The van der Waals surface area contributed by atoms with E-state index in [0.717, 1.165) is 18.6 Å². The Labute approximate surface area is 109 Å². The summed E-state index contributed by atoms with van der Waals surface area (Å²) >= 11 is 0. The fourth-order valence-electron chi connectivity index (χ4n) is 1.85. The van der Waals surface area contributed by atoms with Gasteiger partial charge in [-0.2, -0.15) is 0 Å². The molecule has 1 aromatic carbocycles. The zero-order valence-corrected chi connectivity index (χ0v) is 11.4. The molecule has 0 aliphatic heterocycles. The molecular formula is C15H22O3. The van der Waals surface area contributed by atoms with Crippen molar-refractivity contribution in [1.29, 1.82) is 0 Å². The lowest BCUT2D eigenvalue weighted by Crippen LogP contribution is -2.10. The molecule has 1 atom stereocenters. The minimum atomic E-state index is -0.101. The van der Waals surface area contributed by atoms with E-state index in [1.54, 1.807) is 7.11 Å². The van der Waals surface area contributed by atoms with E-state index in [9.17, 15) is 4.79 Å². The van der Waals surface area contributed by atoms with E-state index in [0.29, 0.717) is 18.9 Å². The van der Waals surface area contributed by atoms with E-state index in [1.165, 1.54) is 5.56 Å². The number of ether oxygens (including phenoxy) is 2. The Bertz CT molecular complexity index is 374. The molecule has 0 aliphatic rings. The van der Waals surface area contributed by atoms with Gasteiger partial charge in [0.15, 0.2) is 0 Å². The number of carbonyl (C=O) groups excluding carboxylic acids is 1. The van der Waals surface area contributed by atoms with Crippen LogP contribution in [0.1, 0.15) is 32.3 Å². The highest BCUT2D eigenvalue weighted by Crippen LogP contribution is 2.17. The van der Waals surface area contributed by atoms with Gasteiger partial charge in [-0.25, -0.2) is 0 Å². The van der Waals surface area contributed by atoms with Crippen molar-refractivity contribution < 1.29 is 14.3 Å². The summed E-state index contributed by atoms with van der Waals surface area (Å²) in [4.78, 5) is 11.3. The largest absolute Gasteiger partial charge is 0.497 e. The van der Waals surface area contributed by atoms with Gasteiger partial charge in [-0.15, -0.1) is 0 Å². The van der Waals surface area contributed by atoms with Crippen LogP contribution in [0, 0.1) is 5.92 Å². The molecule has 0 radical (unpaired) electrons. The van der Waals surface area contributed by atoms with Gasteiger partial charge in [0, 0.05) is 6.42 Å². The van der Waals surface area contributed by atoms with Gasteiger partial charge in [0.1, 0.15) is 5.75 Å². The van der Waals surface area contributed by atoms with Gasteiger partial charge in [-0.3, -0.25) is 4.79 Å². The quantitative estimate of drug-likeness (QED) is 0.697. The molecular weight excluding hydrogens is 228 g/mol. The normalized spacial score (nSPS) is 11.9. The van der Waals surface area contributed by atoms with E-state index >= 15 is 0 Å². The van der Waals surface area contributed by atoms with Gasteiger partial charge in [0.05, 0.1) is 13.7 Å². The molecule has 3 heteroatoms. The van der Waals surface area contributed by atoms with Gasteiger partial charge in [-0.1, -0.05) is 19.1 Å². The van der Waals surface area contributed by atoms with Gasteiger partial charge < -0.3 is 9.47 Å². The maximum Gasteiger partial charge on any atom is 0.306 e. The van der Waals surface area contributed by atoms with Crippen LogP contribution in [0.3, 0.4) is 0 Å². The summed E-state index contributed by atoms with van der Waals surface area (Å²) < 4.78 is 10.1. The third-order valence-corrected chi connectivity index (χ3v) is 2.88. The highest BCUT2D eigenvalue weighted by molar-refractivity contribution is 5.69. The molecule has 0 amide bonds. The summed E-state index contributed by atoms with van der Waals surface area (Å²) in [6.45, 7) is 4.37. The van der Waals surface area contributed by atoms with E-state index < -0.39 is 0 Å². The van der Waals surface area contributed by atoms with Crippen LogP contribution < -0.4 is 4.74 Å². The van der Waals surface area contributed by atoms with Crippen LogP contribution in [0.5, 0.6) is 5.75 Å². The lowest BCUT2D eigenvalue weighted by molar-refractivity contribution is -0.144. The zero-order valence-electron chi connectivity index (χ0n) is 11.4. The van der Waals surface area contributed by atoms with Crippen molar-refractivity contribution >= 4 is 5.97 Å². The fourth-order valence-corrected chi connectivity index (χ4v) is 1.85. The Morgan fingerprint density at radius 3 is 2.83 bits per heavy atom. The Balaban J connectivity index is 2.37. The monoisotopic (exact) mass is 250 g/mol. The number of rotatable bonds is 7. The van der Waals surface area contributed by atoms with Crippen LogP contribution in [0.4, 0.5) is 0 Å². The molecule has 1 unspecified atom stereocenters. The van der Waals surface area contributed by atoms with Crippen LogP contribution in [0.25, 0.3) is 0 Å². The minimum Gasteiger partial charge on any atom is -0.497 e. The van der Waals surface area contributed by atoms with Crippen molar-refractivity contribution in [2.24, 2.45) is 5.92 Å². The molecule has 3 nitrogen and oxygen atoms in total. The second-order valence-corrected chi connectivity index (χ2v) is 4.50. The summed E-state index contributed by atoms with van der Waals surface area (Å²) in [6, 6.07) is 8.05. The molecule has 1 aromatic rings. The van der Waals surface area contributed by atoms with Crippen molar-refractivity contribution in [3.63, 3.8) is 0 Å². The van der Waals surface area contributed by atoms with E-state index in [-0.39, 0.29) is 5.97 Å². The van der Waals surface area contributed by atoms with Gasteiger partial charge >= 0.3 is 5.97 Å². The molecule has 100 valence electrons. The smallest absolute Gasteiger partial charge is 0.306 e. The topological polar surface area (TPSA) is 35.5 Å². The van der Waals surface area contributed by atoms with Crippen molar-refractivity contribution in [2.75, 3.05) is 13.7 Å². The molecule has 0 saturated heterocycles. The highest BCUT2D eigenvalue weighted by Gasteiger charge is 2.10. The summed E-state index contributed by atoms with van der Waals surface area (Å²) in [5.41, 5.74) is 1.24. The Morgan fingerprint density at radius 1 is 1.39 bits per heavy atom. The summed E-state index contributed by atoms with van der Waals surface area (Å²) in [7, 11) is 1.67. The SMILES string of the molecule is CCOC(=O)CC(C)CCc1cccc(OC)c1. The molecule has 1 rings (SSSR count). The number of esters is 1. The van der Waals surface area contributed by atoms with Crippen LogP contribution in [0.15, 0.2) is 24.3 Å². The van der Waals surface area contributed by atoms with Crippen molar-refractivity contribution in [2.45, 2.75) is 33.1 Å². The van der Waals surface area contributed by atoms with E-state index in [4.69, 9.17) is 9.47 Å². The third-order valence-electron chi connectivity index (χ3n) is 2.88. The lowest BCUT2D eigenvalue weighted by Gasteiger charge is -2.11. The molecule has 0 fully saturated rings. The molecule has 0 aromatic heterocycles. The van der Waals surface area contributed by atoms with Crippen LogP contribution in [-0.2, 0) is 16.0 Å². The van der Waals surface area contributed by atoms with Gasteiger partial charge in [-0.05, 0) is 43.4 Å². The van der Waals surface area contributed by atoms with Gasteiger partial charge in [0.2, 0.25) is 0 Å². The predicted octanol–water partition coefficient (Wildman–Crippen LogP) is 3.22. The highest BCUT2D eigenvalue weighted by atomic mass is 16.5. The molecule has 0 heterocycles. The van der Waals surface area contributed by atoms with Gasteiger partial charge in [0.25, 0.3) is 0 Å². The number of hydrogen-bond acceptors (Lipinski definition) is 3. The first-order valence-corrected chi connectivity index (χ1v) is 6.44. The van der Waals surface area contributed by atoms with Crippen molar-refractivity contribution in [3.05, 3.63) is 29.8 Å². The lowest BCUT2D eigenvalue weighted by atomic mass is 9.98. The van der Waals surface area contributed by atoms with E-state index in [1.807, 2.05) is 25.1 Å². The number of aryl methyl sites for hydroxylation is 1. The summed E-state index contributed by atoms with van der Waals surface area (Å²) in [5, 5.41) is 0. The van der Waals surface area contributed by atoms with Crippen molar-refractivity contribution in [1.82, 2.24) is 0 Å². The first kappa shape index (κ1) is 14.6. The predicted molar refractivity (Wildman–Crippen MR) is 71.7 cm³/mol. The van der Waals surface area contributed by atoms with E-state index in [2.05, 4.69) is 13.0 Å². The number of hydrogen-bond donors (Lipinski definition) is 0. The number of carbonyl (C=O) groups is 1. The molecule has 0 bridgehead atoms. The molecule has 0 N–H and O–H groups in total. The van der Waals surface area contributed by atoms with Crippen molar-refractivity contribution in [3.8, 4) is 5.75 Å². The minimum absolute atomic E-state index is 0.101. The standard InChI is InChI=1S/C15H22O3/c1-4-18-15(16)10-12(2)8-9-13-6-5-7-14(11-13)17-3/h5-7,11-12H,4,8-10H2,1-3H3. The number of benzene rings is 1. The molecule has 0 spiro atoms. The summed E-state index contributed by atoms with van der Waals surface area (Å²) in [5.74, 6) is 1.12. The fraction of sp³-hybridized carbons (Fsp3) is 0.533. The maximum atomic E-state index is 11.3. The Morgan fingerprint density at radius 2 is 2.17 bits per heavy atom. The molecule has 0 aliphatic carbocycles. The van der Waals surface area contributed by atoms with Crippen LogP contribution in [0.2, 0.25) is 0 Å². The first-order chi connectivity index (χ1) is 8.65. The Hall–Kier alpha value is -1.51. The zero-order chi connectivity index (χ0) is 13.4. The second-order valence-electron chi connectivity index (χ2n) is 4.50. The Kier molecular flexibility index (Phi) is 6.26.